The number of nitrogens with zero attached hydrogens (tertiary/aromatic N) is 3. The second-order valence-corrected chi connectivity index (χ2v) is 5.86. The highest BCUT2D eigenvalue weighted by atomic mass is 16.6. The molecule has 0 aromatic heterocycles. The maximum absolute atomic E-state index is 12.4. The molecule has 0 unspecified atom stereocenters. The molecule has 0 spiro atoms. The average molecular weight is 357 g/mol. The number of benzene rings is 2. The van der Waals surface area contributed by atoms with Gasteiger partial charge in [0.05, 0.1) is 9.85 Å². The minimum atomic E-state index is -0.482. The van der Waals surface area contributed by atoms with Crippen LogP contribution in [0.4, 0.5) is 17.1 Å². The molecule has 0 atom stereocenters. The maximum Gasteiger partial charge on any atom is 0.272 e. The van der Waals surface area contributed by atoms with E-state index in [1.165, 1.54) is 35.2 Å². The minimum Gasteiger partial charge on any atom is -0.484 e. The molecule has 0 N–H and O–H groups in total. The van der Waals surface area contributed by atoms with Crippen LogP contribution in [0, 0.1) is 27.2 Å². The van der Waals surface area contributed by atoms with E-state index in [-0.39, 0.29) is 23.9 Å². The second-order valence-electron chi connectivity index (χ2n) is 5.86. The van der Waals surface area contributed by atoms with E-state index in [1.54, 1.807) is 13.0 Å². The van der Waals surface area contributed by atoms with E-state index in [1.807, 2.05) is 0 Å². The summed E-state index contributed by atoms with van der Waals surface area (Å²) in [6.45, 7) is 1.79. The molecule has 0 bridgehead atoms. The van der Waals surface area contributed by atoms with E-state index in [9.17, 15) is 25.0 Å². The van der Waals surface area contributed by atoms with Crippen LogP contribution in [-0.4, -0.2) is 28.9 Å². The van der Waals surface area contributed by atoms with Gasteiger partial charge in [-0.1, -0.05) is 0 Å². The lowest BCUT2D eigenvalue weighted by molar-refractivity contribution is -0.385. The smallest absolute Gasteiger partial charge is 0.272 e. The van der Waals surface area contributed by atoms with Crippen LogP contribution in [0.3, 0.4) is 0 Å². The Morgan fingerprint density at radius 3 is 2.58 bits per heavy atom. The van der Waals surface area contributed by atoms with Crippen molar-refractivity contribution in [2.75, 3.05) is 18.1 Å². The maximum atomic E-state index is 12.4. The van der Waals surface area contributed by atoms with Crippen molar-refractivity contribution in [1.29, 1.82) is 0 Å². The number of anilines is 1. The predicted octanol–water partition coefficient (Wildman–Crippen LogP) is 2.78. The normalized spacial score (nSPS) is 12.6. The summed E-state index contributed by atoms with van der Waals surface area (Å²) in [6.07, 6.45) is 0.541. The third kappa shape index (κ3) is 3.32. The van der Waals surface area contributed by atoms with Crippen LogP contribution >= 0.6 is 0 Å². The number of nitro benzene ring substituents is 2. The second kappa shape index (κ2) is 6.79. The number of carbonyl (C=O) groups excluding carboxylic acids is 1. The van der Waals surface area contributed by atoms with Gasteiger partial charge in [0.15, 0.2) is 6.61 Å². The van der Waals surface area contributed by atoms with E-state index in [0.717, 1.165) is 5.56 Å². The monoisotopic (exact) mass is 357 g/mol. The Hall–Kier alpha value is -3.49. The molecular weight excluding hydrogens is 342 g/mol. The molecular formula is C17H15N3O6. The van der Waals surface area contributed by atoms with Crippen LogP contribution in [0.1, 0.15) is 11.1 Å². The van der Waals surface area contributed by atoms with Crippen LogP contribution in [-0.2, 0) is 11.2 Å². The number of aryl methyl sites for hydroxylation is 1. The van der Waals surface area contributed by atoms with Crippen LogP contribution in [0.15, 0.2) is 36.4 Å². The van der Waals surface area contributed by atoms with Crippen molar-refractivity contribution < 1.29 is 19.4 Å². The average Bonchev–Trinajstić information content (AvgIpc) is 3.02. The molecule has 0 saturated heterocycles. The predicted molar refractivity (Wildman–Crippen MR) is 92.5 cm³/mol. The summed E-state index contributed by atoms with van der Waals surface area (Å²) >= 11 is 0. The van der Waals surface area contributed by atoms with E-state index >= 15 is 0 Å². The summed E-state index contributed by atoms with van der Waals surface area (Å²) in [5, 5.41) is 21.6. The highest BCUT2D eigenvalue weighted by Crippen LogP contribution is 2.31. The number of ether oxygens (including phenoxy) is 1. The fraction of sp³-hybridized carbons (Fsp3) is 0.235. The molecule has 9 nitrogen and oxygen atoms in total. The molecule has 0 aliphatic carbocycles. The summed E-state index contributed by atoms with van der Waals surface area (Å²) in [5.74, 6) is 0.0816. The Kier molecular flexibility index (Phi) is 4.53. The SMILES string of the molecule is Cc1cc(OCC(=O)N2CCc3cc([N+](=O)[O-])ccc32)ccc1[N+](=O)[O-]. The quantitative estimate of drug-likeness (QED) is 0.600. The fourth-order valence-corrected chi connectivity index (χ4v) is 2.91. The number of nitro groups is 2. The molecule has 0 saturated carbocycles. The molecule has 2 aromatic rings. The first-order chi connectivity index (χ1) is 12.4. The van der Waals surface area contributed by atoms with Crippen molar-refractivity contribution in [3.05, 3.63) is 67.8 Å². The largest absolute Gasteiger partial charge is 0.484 e. The molecule has 1 aliphatic heterocycles. The van der Waals surface area contributed by atoms with Gasteiger partial charge < -0.3 is 9.64 Å². The number of hydrogen-bond donors (Lipinski definition) is 0. The Labute approximate surface area is 148 Å². The zero-order valence-corrected chi connectivity index (χ0v) is 13.9. The number of amides is 1. The molecule has 1 aliphatic rings. The van der Waals surface area contributed by atoms with Gasteiger partial charge in [-0.2, -0.15) is 0 Å². The summed E-state index contributed by atoms with van der Waals surface area (Å²) in [5.41, 5.74) is 1.82. The van der Waals surface area contributed by atoms with Crippen LogP contribution < -0.4 is 9.64 Å². The van der Waals surface area contributed by atoms with Gasteiger partial charge in [-0.3, -0.25) is 25.0 Å². The van der Waals surface area contributed by atoms with Crippen molar-refractivity contribution in [2.45, 2.75) is 13.3 Å². The molecule has 0 fully saturated rings. The van der Waals surface area contributed by atoms with Crippen molar-refractivity contribution in [3.8, 4) is 5.75 Å². The number of non-ortho nitro benzene ring substituents is 1. The molecule has 2 aromatic carbocycles. The van der Waals surface area contributed by atoms with Crippen molar-refractivity contribution in [3.63, 3.8) is 0 Å². The lowest BCUT2D eigenvalue weighted by Gasteiger charge is -2.17. The Balaban J connectivity index is 1.68. The van der Waals surface area contributed by atoms with Gasteiger partial charge in [-0.25, -0.2) is 0 Å². The van der Waals surface area contributed by atoms with Gasteiger partial charge in [0.2, 0.25) is 0 Å². The van der Waals surface area contributed by atoms with Crippen LogP contribution in [0.25, 0.3) is 0 Å². The fourth-order valence-electron chi connectivity index (χ4n) is 2.91. The van der Waals surface area contributed by atoms with Crippen LogP contribution in [0.5, 0.6) is 5.75 Å². The van der Waals surface area contributed by atoms with Crippen molar-refractivity contribution >= 4 is 23.0 Å². The van der Waals surface area contributed by atoms with Crippen molar-refractivity contribution in [1.82, 2.24) is 0 Å². The van der Waals surface area contributed by atoms with E-state index < -0.39 is 9.85 Å². The first kappa shape index (κ1) is 17.3. The van der Waals surface area contributed by atoms with Gasteiger partial charge in [0, 0.05) is 36.0 Å². The number of hydrogen-bond acceptors (Lipinski definition) is 6. The highest BCUT2D eigenvalue weighted by molar-refractivity contribution is 5.96. The third-order valence-corrected chi connectivity index (χ3v) is 4.20. The first-order valence-electron chi connectivity index (χ1n) is 7.82. The Bertz CT molecular complexity index is 911. The zero-order chi connectivity index (χ0) is 18.8. The first-order valence-corrected chi connectivity index (χ1v) is 7.82. The third-order valence-electron chi connectivity index (χ3n) is 4.20. The molecule has 26 heavy (non-hydrogen) atoms. The van der Waals surface area contributed by atoms with Gasteiger partial charge >= 0.3 is 0 Å². The molecule has 9 heteroatoms. The van der Waals surface area contributed by atoms with Crippen molar-refractivity contribution in [2.24, 2.45) is 0 Å². The molecule has 1 amide bonds. The molecule has 1 heterocycles. The van der Waals surface area contributed by atoms with E-state index in [4.69, 9.17) is 4.74 Å². The van der Waals surface area contributed by atoms with E-state index in [0.29, 0.717) is 30.0 Å². The molecule has 0 radical (unpaired) electrons. The Morgan fingerprint density at radius 2 is 1.92 bits per heavy atom. The van der Waals surface area contributed by atoms with E-state index in [2.05, 4.69) is 0 Å². The summed E-state index contributed by atoms with van der Waals surface area (Å²) < 4.78 is 5.45. The number of carbonyl (C=O) groups is 1. The highest BCUT2D eigenvalue weighted by Gasteiger charge is 2.26. The van der Waals surface area contributed by atoms with Gasteiger partial charge in [-0.05, 0) is 37.1 Å². The van der Waals surface area contributed by atoms with Crippen LogP contribution in [0.2, 0.25) is 0 Å². The standard InChI is InChI=1S/C17H15N3O6/c1-11-8-14(3-5-15(11)20(24)25)26-10-17(21)18-7-6-12-9-13(19(22)23)2-4-16(12)18/h2-5,8-9H,6-7,10H2,1H3. The molecule has 3 rings (SSSR count). The summed E-state index contributed by atoms with van der Waals surface area (Å²) in [4.78, 5) is 34.6. The van der Waals surface area contributed by atoms with Gasteiger partial charge in [0.1, 0.15) is 5.75 Å². The lowest BCUT2D eigenvalue weighted by atomic mass is 10.1. The summed E-state index contributed by atoms with van der Waals surface area (Å²) in [7, 11) is 0. The van der Waals surface area contributed by atoms with Gasteiger partial charge in [0.25, 0.3) is 17.3 Å². The summed E-state index contributed by atoms with van der Waals surface area (Å²) in [6, 6.07) is 8.69. The molecule has 134 valence electrons. The van der Waals surface area contributed by atoms with Gasteiger partial charge in [-0.15, -0.1) is 0 Å². The Morgan fingerprint density at radius 1 is 1.15 bits per heavy atom. The number of rotatable bonds is 5. The lowest BCUT2D eigenvalue weighted by Crippen LogP contribution is -2.33. The number of fused-ring (bicyclic) bond motifs is 1. The minimum absolute atomic E-state index is 0.00402. The topological polar surface area (TPSA) is 116 Å². The zero-order valence-electron chi connectivity index (χ0n) is 13.9.